The molecule has 74 valence electrons. The van der Waals surface area contributed by atoms with Crippen LogP contribution in [0.2, 0.25) is 0 Å². The van der Waals surface area contributed by atoms with Crippen LogP contribution in [0.15, 0.2) is 12.2 Å². The number of fused-ring (bicyclic) bond motifs is 2. The van der Waals surface area contributed by atoms with E-state index in [1.54, 1.807) is 0 Å². The Labute approximate surface area is 78.8 Å². The Bertz CT molecular complexity index is 215. The first kappa shape index (κ1) is 9.19. The lowest BCUT2D eigenvalue weighted by molar-refractivity contribution is -0.0567. The molecule has 0 spiro atoms. The largest absolute Gasteiger partial charge is 0.385 e. The van der Waals surface area contributed by atoms with E-state index in [9.17, 15) is 5.11 Å². The van der Waals surface area contributed by atoms with E-state index < -0.39 is 5.60 Å². The highest BCUT2D eigenvalue weighted by molar-refractivity contribution is 5.14. The van der Waals surface area contributed by atoms with Crippen LogP contribution in [0.5, 0.6) is 0 Å². The van der Waals surface area contributed by atoms with Crippen molar-refractivity contribution < 1.29 is 9.84 Å². The van der Waals surface area contributed by atoms with Gasteiger partial charge in [-0.1, -0.05) is 6.58 Å². The molecule has 2 fully saturated rings. The van der Waals surface area contributed by atoms with Gasteiger partial charge in [-0.25, -0.2) is 0 Å². The van der Waals surface area contributed by atoms with Gasteiger partial charge in [0.2, 0.25) is 0 Å². The van der Waals surface area contributed by atoms with Crippen LogP contribution in [0.25, 0.3) is 0 Å². The molecular weight excluding hydrogens is 166 g/mol. The van der Waals surface area contributed by atoms with Gasteiger partial charge in [-0.3, -0.25) is 0 Å². The van der Waals surface area contributed by atoms with Gasteiger partial charge in [-0.05, 0) is 25.3 Å². The fraction of sp³-hybridized carbons (Fsp3) is 0.800. The second kappa shape index (κ2) is 3.08. The maximum atomic E-state index is 10.3. The Balaban J connectivity index is 2.13. The first-order valence-corrected chi connectivity index (χ1v) is 4.82. The predicted octanol–water partition coefficient (Wildman–Crippen LogP) is 0.444. The molecule has 0 aromatic rings. The van der Waals surface area contributed by atoms with E-state index in [1.807, 2.05) is 6.92 Å². The molecule has 2 unspecified atom stereocenters. The summed E-state index contributed by atoms with van der Waals surface area (Å²) in [5.41, 5.74) is 0.218. The first-order chi connectivity index (χ1) is 6.10. The Morgan fingerprint density at radius 3 is 2.46 bits per heavy atom. The number of hydrogen-bond donors (Lipinski definition) is 2. The smallest absolute Gasteiger partial charge is 0.0882 e. The van der Waals surface area contributed by atoms with Gasteiger partial charge >= 0.3 is 0 Å². The number of hydrogen-bond acceptors (Lipinski definition) is 3. The van der Waals surface area contributed by atoms with Crippen molar-refractivity contribution in [2.45, 2.75) is 37.5 Å². The summed E-state index contributed by atoms with van der Waals surface area (Å²) in [6.45, 7) is 7.19. The molecule has 2 N–H and O–H groups in total. The molecule has 0 aromatic carbocycles. The van der Waals surface area contributed by atoms with Crippen LogP contribution in [0.3, 0.4) is 0 Å². The summed E-state index contributed by atoms with van der Waals surface area (Å²) in [6, 6.07) is 0.600. The van der Waals surface area contributed by atoms with E-state index in [-0.39, 0.29) is 0 Å². The van der Waals surface area contributed by atoms with Crippen LogP contribution < -0.4 is 5.32 Å². The SMILES string of the molecule is C=C(C)C1(O)CC2COCC(C1)N2. The molecule has 2 bridgehead atoms. The highest BCUT2D eigenvalue weighted by Gasteiger charge is 2.41. The van der Waals surface area contributed by atoms with Crippen LogP contribution in [0.4, 0.5) is 0 Å². The Morgan fingerprint density at radius 2 is 2.00 bits per heavy atom. The molecule has 0 amide bonds. The van der Waals surface area contributed by atoms with Gasteiger partial charge in [0.1, 0.15) is 0 Å². The summed E-state index contributed by atoms with van der Waals surface area (Å²) in [4.78, 5) is 0. The normalized spacial score (nSPS) is 44.5. The maximum absolute atomic E-state index is 10.3. The Morgan fingerprint density at radius 1 is 1.46 bits per heavy atom. The number of aliphatic hydroxyl groups is 1. The number of piperidine rings is 1. The zero-order chi connectivity index (χ0) is 9.47. The third-order valence-electron chi connectivity index (χ3n) is 3.07. The van der Waals surface area contributed by atoms with Crippen molar-refractivity contribution in [2.24, 2.45) is 0 Å². The fourth-order valence-corrected chi connectivity index (χ4v) is 2.26. The Kier molecular flexibility index (Phi) is 2.18. The summed E-state index contributed by atoms with van der Waals surface area (Å²) >= 11 is 0. The van der Waals surface area contributed by atoms with Crippen LogP contribution in [-0.2, 0) is 4.74 Å². The van der Waals surface area contributed by atoms with E-state index in [0.29, 0.717) is 25.3 Å². The van der Waals surface area contributed by atoms with E-state index in [2.05, 4.69) is 11.9 Å². The molecule has 0 radical (unpaired) electrons. The van der Waals surface area contributed by atoms with E-state index >= 15 is 0 Å². The highest BCUT2D eigenvalue weighted by atomic mass is 16.5. The van der Waals surface area contributed by atoms with Gasteiger partial charge in [-0.15, -0.1) is 0 Å². The summed E-state index contributed by atoms with van der Waals surface area (Å²) in [5.74, 6) is 0. The standard InChI is InChI=1S/C10H17NO2/c1-7(2)10(12)3-8-5-13-6-9(4-10)11-8/h8-9,11-12H,1,3-6H2,2H3. The van der Waals surface area contributed by atoms with Crippen molar-refractivity contribution in [3.05, 3.63) is 12.2 Å². The Hall–Kier alpha value is -0.380. The topological polar surface area (TPSA) is 41.5 Å². The molecule has 0 saturated carbocycles. The summed E-state index contributed by atoms with van der Waals surface area (Å²) in [5, 5.41) is 13.7. The maximum Gasteiger partial charge on any atom is 0.0882 e. The molecule has 2 aliphatic heterocycles. The van der Waals surface area contributed by atoms with Crippen LogP contribution >= 0.6 is 0 Å². The highest BCUT2D eigenvalue weighted by Crippen LogP contribution is 2.32. The molecule has 3 heteroatoms. The van der Waals surface area contributed by atoms with E-state index in [4.69, 9.17) is 4.74 Å². The van der Waals surface area contributed by atoms with Gasteiger partial charge in [0.05, 0.1) is 18.8 Å². The lowest BCUT2D eigenvalue weighted by Gasteiger charge is -2.45. The average molecular weight is 183 g/mol. The zero-order valence-electron chi connectivity index (χ0n) is 8.05. The van der Waals surface area contributed by atoms with E-state index in [0.717, 1.165) is 18.4 Å². The predicted molar refractivity (Wildman–Crippen MR) is 50.5 cm³/mol. The van der Waals surface area contributed by atoms with Crippen molar-refractivity contribution >= 4 is 0 Å². The minimum absolute atomic E-state index is 0.300. The van der Waals surface area contributed by atoms with Crippen molar-refractivity contribution in [2.75, 3.05) is 13.2 Å². The van der Waals surface area contributed by atoms with Gasteiger partial charge in [0, 0.05) is 12.1 Å². The van der Waals surface area contributed by atoms with E-state index in [1.165, 1.54) is 0 Å². The molecule has 3 nitrogen and oxygen atoms in total. The molecule has 2 saturated heterocycles. The minimum Gasteiger partial charge on any atom is -0.385 e. The zero-order valence-corrected chi connectivity index (χ0v) is 8.05. The van der Waals surface area contributed by atoms with Crippen molar-refractivity contribution in [1.82, 2.24) is 5.32 Å². The summed E-state index contributed by atoms with van der Waals surface area (Å²) in [6.07, 6.45) is 1.47. The van der Waals surface area contributed by atoms with Crippen molar-refractivity contribution in [1.29, 1.82) is 0 Å². The number of morpholine rings is 1. The average Bonchev–Trinajstić information content (AvgIpc) is 2.02. The third kappa shape index (κ3) is 1.64. The monoisotopic (exact) mass is 183 g/mol. The molecule has 2 heterocycles. The molecule has 0 aliphatic carbocycles. The summed E-state index contributed by atoms with van der Waals surface area (Å²) in [7, 11) is 0. The lowest BCUT2D eigenvalue weighted by atomic mass is 9.79. The number of nitrogens with one attached hydrogen (secondary N) is 1. The number of ether oxygens (including phenoxy) is 1. The van der Waals surface area contributed by atoms with Gasteiger partial charge < -0.3 is 15.2 Å². The lowest BCUT2D eigenvalue weighted by Crippen LogP contribution is -2.60. The van der Waals surface area contributed by atoms with Crippen LogP contribution in [-0.4, -0.2) is 36.0 Å². The molecular formula is C10H17NO2. The molecule has 13 heavy (non-hydrogen) atoms. The van der Waals surface area contributed by atoms with Gasteiger partial charge in [0.15, 0.2) is 0 Å². The van der Waals surface area contributed by atoms with Gasteiger partial charge in [-0.2, -0.15) is 0 Å². The van der Waals surface area contributed by atoms with Crippen molar-refractivity contribution in [3.63, 3.8) is 0 Å². The quantitative estimate of drug-likeness (QED) is 0.580. The van der Waals surface area contributed by atoms with Gasteiger partial charge in [0.25, 0.3) is 0 Å². The second-order valence-corrected chi connectivity index (χ2v) is 4.32. The first-order valence-electron chi connectivity index (χ1n) is 4.82. The molecule has 2 aliphatic rings. The fourth-order valence-electron chi connectivity index (χ4n) is 2.26. The second-order valence-electron chi connectivity index (χ2n) is 4.32. The molecule has 0 aromatic heterocycles. The summed E-state index contributed by atoms with van der Waals surface area (Å²) < 4.78 is 5.41. The van der Waals surface area contributed by atoms with Crippen LogP contribution in [0.1, 0.15) is 19.8 Å². The third-order valence-corrected chi connectivity index (χ3v) is 3.07. The molecule has 2 rings (SSSR count). The molecule has 2 atom stereocenters. The van der Waals surface area contributed by atoms with Crippen molar-refractivity contribution in [3.8, 4) is 0 Å². The number of rotatable bonds is 1. The van der Waals surface area contributed by atoms with Crippen LogP contribution in [0, 0.1) is 0 Å². The minimum atomic E-state index is -0.662.